The van der Waals surface area contributed by atoms with Crippen LogP contribution in [0.25, 0.3) is 122 Å². The van der Waals surface area contributed by atoms with E-state index in [2.05, 4.69) is 206 Å². The zero-order valence-electron chi connectivity index (χ0n) is 34.1. The number of rotatable bonds is 7. The van der Waals surface area contributed by atoms with Crippen molar-refractivity contribution in [1.29, 1.82) is 0 Å². The molecule has 0 unspecified atom stereocenters. The van der Waals surface area contributed by atoms with Crippen LogP contribution in [0, 0.1) is 0 Å². The van der Waals surface area contributed by atoms with Crippen LogP contribution in [0.15, 0.2) is 229 Å². The van der Waals surface area contributed by atoms with Crippen molar-refractivity contribution in [2.45, 2.75) is 0 Å². The van der Waals surface area contributed by atoms with Crippen LogP contribution in [0.3, 0.4) is 0 Å². The maximum atomic E-state index is 6.87. The number of para-hydroxylation sites is 1. The molecule has 4 heteroatoms. The van der Waals surface area contributed by atoms with Gasteiger partial charge in [-0.3, -0.25) is 0 Å². The fourth-order valence-corrected chi connectivity index (χ4v) is 9.07. The minimum Gasteiger partial charge on any atom is -0.455 e. The predicted octanol–water partition coefficient (Wildman–Crippen LogP) is 15.7. The molecule has 0 aliphatic heterocycles. The highest BCUT2D eigenvalue weighted by Gasteiger charge is 2.21. The van der Waals surface area contributed by atoms with Crippen molar-refractivity contribution in [2.24, 2.45) is 0 Å². The summed E-state index contributed by atoms with van der Waals surface area (Å²) in [7, 11) is 0. The number of aromatic nitrogens is 3. The van der Waals surface area contributed by atoms with E-state index in [4.69, 9.17) is 19.4 Å². The molecule has 0 spiro atoms. The Morgan fingerprint density at radius 1 is 0.270 bits per heavy atom. The SMILES string of the molecule is c1ccc(-c2ccc(-c3nc(-c4ccc5c(-c6ccccc6)cccc5c4)nc(-c4cccc5oc6c(-c7cc(-c8ccccc8)c8ccccc8c7)cccc6c45)n3)cc2)cc1. The second-order valence-electron chi connectivity index (χ2n) is 15.9. The fraction of sp³-hybridized carbons (Fsp3) is 0. The summed E-state index contributed by atoms with van der Waals surface area (Å²) in [5.74, 6) is 1.78. The number of hydrogen-bond acceptors (Lipinski definition) is 4. The van der Waals surface area contributed by atoms with Gasteiger partial charge in [0.25, 0.3) is 0 Å². The molecule has 294 valence electrons. The number of hydrogen-bond donors (Lipinski definition) is 0. The van der Waals surface area contributed by atoms with Gasteiger partial charge in [0, 0.05) is 33.0 Å². The summed E-state index contributed by atoms with van der Waals surface area (Å²) >= 11 is 0. The normalized spacial score (nSPS) is 11.5. The third-order valence-electron chi connectivity index (χ3n) is 12.1. The highest BCUT2D eigenvalue weighted by Crippen LogP contribution is 2.43. The predicted molar refractivity (Wildman–Crippen MR) is 260 cm³/mol. The van der Waals surface area contributed by atoms with Gasteiger partial charge in [-0.2, -0.15) is 0 Å². The molecule has 0 amide bonds. The quantitative estimate of drug-likeness (QED) is 0.161. The van der Waals surface area contributed by atoms with Crippen LogP contribution < -0.4 is 0 Å². The molecule has 2 heterocycles. The van der Waals surface area contributed by atoms with Crippen molar-refractivity contribution in [1.82, 2.24) is 15.0 Å². The standard InChI is InChI=1S/C59H37N3O/c1-4-15-38(16-5-1)39-29-31-42(32-30-39)57-60-58(45-33-34-49-44(35-45)22-12-24-47(49)40-17-6-2-7-18-40)62-59(61-57)52-27-14-28-54-55(52)51-26-13-25-50(56(51)63-54)46-36-43-21-10-11-23-48(43)53(37-46)41-19-8-3-9-20-41/h1-37H. The van der Waals surface area contributed by atoms with Crippen LogP contribution >= 0.6 is 0 Å². The molecule has 0 radical (unpaired) electrons. The first kappa shape index (κ1) is 36.4. The molecular formula is C59H37N3O. The van der Waals surface area contributed by atoms with E-state index < -0.39 is 0 Å². The molecule has 0 atom stereocenters. The first-order chi connectivity index (χ1) is 31.2. The van der Waals surface area contributed by atoms with Gasteiger partial charge < -0.3 is 4.42 Å². The van der Waals surface area contributed by atoms with E-state index in [0.29, 0.717) is 17.5 Å². The van der Waals surface area contributed by atoms with E-state index >= 15 is 0 Å². The van der Waals surface area contributed by atoms with Crippen LogP contribution in [0.2, 0.25) is 0 Å². The lowest BCUT2D eigenvalue weighted by Crippen LogP contribution is -2.00. The lowest BCUT2D eigenvalue weighted by Gasteiger charge is -2.12. The molecule has 2 aromatic heterocycles. The van der Waals surface area contributed by atoms with E-state index in [0.717, 1.165) is 66.3 Å². The zero-order valence-corrected chi connectivity index (χ0v) is 34.1. The van der Waals surface area contributed by atoms with Gasteiger partial charge in [0.05, 0.1) is 0 Å². The smallest absolute Gasteiger partial charge is 0.164 e. The van der Waals surface area contributed by atoms with Gasteiger partial charge in [-0.05, 0) is 84.8 Å². The maximum absolute atomic E-state index is 6.87. The van der Waals surface area contributed by atoms with E-state index in [9.17, 15) is 0 Å². The van der Waals surface area contributed by atoms with E-state index in [1.165, 1.54) is 38.4 Å². The van der Waals surface area contributed by atoms with Crippen molar-refractivity contribution in [2.75, 3.05) is 0 Å². The Hall–Kier alpha value is -8.47. The minimum absolute atomic E-state index is 0.580. The molecule has 63 heavy (non-hydrogen) atoms. The van der Waals surface area contributed by atoms with E-state index in [1.54, 1.807) is 0 Å². The van der Waals surface area contributed by atoms with Gasteiger partial charge >= 0.3 is 0 Å². The molecular weight excluding hydrogens is 767 g/mol. The van der Waals surface area contributed by atoms with E-state index in [-0.39, 0.29) is 0 Å². The topological polar surface area (TPSA) is 51.8 Å². The summed E-state index contributed by atoms with van der Waals surface area (Å²) in [4.78, 5) is 15.7. The summed E-state index contributed by atoms with van der Waals surface area (Å²) < 4.78 is 6.87. The van der Waals surface area contributed by atoms with Crippen molar-refractivity contribution >= 4 is 43.5 Å². The summed E-state index contributed by atoms with van der Waals surface area (Å²) in [6, 6.07) is 78.7. The molecule has 0 bridgehead atoms. The van der Waals surface area contributed by atoms with Gasteiger partial charge in [-0.25, -0.2) is 15.0 Å². The number of fused-ring (bicyclic) bond motifs is 5. The molecule has 0 fully saturated rings. The molecule has 0 N–H and O–H groups in total. The Morgan fingerprint density at radius 2 is 0.762 bits per heavy atom. The number of furan rings is 1. The van der Waals surface area contributed by atoms with E-state index in [1.807, 2.05) is 18.2 Å². The highest BCUT2D eigenvalue weighted by atomic mass is 16.3. The third kappa shape index (κ3) is 6.53. The van der Waals surface area contributed by atoms with Crippen LogP contribution in [0.4, 0.5) is 0 Å². The van der Waals surface area contributed by atoms with Gasteiger partial charge in [0.1, 0.15) is 11.2 Å². The molecule has 0 saturated heterocycles. The Morgan fingerprint density at radius 3 is 1.52 bits per heavy atom. The van der Waals surface area contributed by atoms with Crippen LogP contribution in [0.5, 0.6) is 0 Å². The molecule has 4 nitrogen and oxygen atoms in total. The first-order valence-corrected chi connectivity index (χ1v) is 21.3. The minimum atomic E-state index is 0.580. The van der Waals surface area contributed by atoms with Gasteiger partial charge in [-0.1, -0.05) is 200 Å². The molecule has 0 aliphatic carbocycles. The second-order valence-corrected chi connectivity index (χ2v) is 15.9. The van der Waals surface area contributed by atoms with Crippen LogP contribution in [-0.2, 0) is 0 Å². The maximum Gasteiger partial charge on any atom is 0.164 e. The Labute approximate surface area is 364 Å². The lowest BCUT2D eigenvalue weighted by molar-refractivity contribution is 0.670. The van der Waals surface area contributed by atoms with Gasteiger partial charge in [0.2, 0.25) is 0 Å². The average Bonchev–Trinajstić information content (AvgIpc) is 3.76. The first-order valence-electron chi connectivity index (χ1n) is 21.3. The second kappa shape index (κ2) is 15.2. The summed E-state index contributed by atoms with van der Waals surface area (Å²) in [5, 5.41) is 6.64. The van der Waals surface area contributed by atoms with Gasteiger partial charge in [-0.15, -0.1) is 0 Å². The zero-order chi connectivity index (χ0) is 41.7. The average molecular weight is 804 g/mol. The van der Waals surface area contributed by atoms with Crippen molar-refractivity contribution in [3.8, 4) is 78.7 Å². The summed E-state index contributed by atoms with van der Waals surface area (Å²) in [6.07, 6.45) is 0. The van der Waals surface area contributed by atoms with Crippen LogP contribution in [0.1, 0.15) is 0 Å². The Balaban J connectivity index is 1.04. The Kier molecular flexibility index (Phi) is 8.79. The molecule has 0 saturated carbocycles. The molecule has 0 aliphatic rings. The van der Waals surface area contributed by atoms with Crippen molar-refractivity contribution < 1.29 is 4.42 Å². The van der Waals surface area contributed by atoms with Crippen molar-refractivity contribution in [3.63, 3.8) is 0 Å². The number of benzene rings is 10. The fourth-order valence-electron chi connectivity index (χ4n) is 9.07. The third-order valence-corrected chi connectivity index (χ3v) is 12.1. The summed E-state index contributed by atoms with van der Waals surface area (Å²) in [5.41, 5.74) is 13.4. The number of nitrogens with zero attached hydrogens (tertiary/aromatic N) is 3. The van der Waals surface area contributed by atoms with Gasteiger partial charge in [0.15, 0.2) is 17.5 Å². The monoisotopic (exact) mass is 803 g/mol. The van der Waals surface area contributed by atoms with Crippen molar-refractivity contribution in [3.05, 3.63) is 224 Å². The van der Waals surface area contributed by atoms with Crippen LogP contribution in [-0.4, -0.2) is 15.0 Å². The lowest BCUT2D eigenvalue weighted by atomic mass is 9.92. The summed E-state index contributed by atoms with van der Waals surface area (Å²) in [6.45, 7) is 0. The highest BCUT2D eigenvalue weighted by molar-refractivity contribution is 6.15. The molecule has 12 rings (SSSR count). The molecule has 12 aromatic rings. The molecule has 10 aromatic carbocycles. The largest absolute Gasteiger partial charge is 0.455 e. The Bertz CT molecular complexity index is 3650.